The molecule has 0 bridgehead atoms. The van der Waals surface area contributed by atoms with Crippen LogP contribution in [0.1, 0.15) is 19.3 Å². The van der Waals surface area contributed by atoms with Gasteiger partial charge in [0.1, 0.15) is 0 Å². The third-order valence-electron chi connectivity index (χ3n) is 6.58. The Morgan fingerprint density at radius 1 is 1.12 bits per heavy atom. The van der Waals surface area contributed by atoms with Crippen LogP contribution in [0.5, 0.6) is 0 Å². The molecule has 4 rings (SSSR count). The molecule has 25 heavy (non-hydrogen) atoms. The summed E-state index contributed by atoms with van der Waals surface area (Å²) in [7, 11) is 0. The predicted molar refractivity (Wildman–Crippen MR) is 92.7 cm³/mol. The van der Waals surface area contributed by atoms with E-state index in [4.69, 9.17) is 10.5 Å². The van der Waals surface area contributed by atoms with Crippen molar-refractivity contribution < 1.29 is 14.3 Å². The van der Waals surface area contributed by atoms with Crippen LogP contribution < -0.4 is 5.73 Å². The van der Waals surface area contributed by atoms with Gasteiger partial charge in [0, 0.05) is 58.3 Å². The van der Waals surface area contributed by atoms with E-state index in [-0.39, 0.29) is 23.8 Å². The number of fused-ring (bicyclic) bond motifs is 1. The summed E-state index contributed by atoms with van der Waals surface area (Å²) in [5, 5.41) is 0. The van der Waals surface area contributed by atoms with Gasteiger partial charge in [-0.3, -0.25) is 14.5 Å². The zero-order valence-corrected chi connectivity index (χ0v) is 14.9. The van der Waals surface area contributed by atoms with Gasteiger partial charge in [0.05, 0.1) is 19.1 Å². The molecule has 4 fully saturated rings. The lowest BCUT2D eigenvalue weighted by atomic mass is 9.98. The highest BCUT2D eigenvalue weighted by Gasteiger charge is 2.45. The highest BCUT2D eigenvalue weighted by atomic mass is 16.5. The number of hydrogen-bond donors (Lipinski definition) is 1. The molecule has 4 atom stereocenters. The van der Waals surface area contributed by atoms with Crippen molar-refractivity contribution in [1.82, 2.24) is 14.7 Å². The quantitative estimate of drug-likeness (QED) is 0.730. The van der Waals surface area contributed by atoms with Gasteiger partial charge < -0.3 is 20.3 Å². The largest absolute Gasteiger partial charge is 0.379 e. The number of carbonyl (C=O) groups excluding carboxylic acids is 2. The highest BCUT2D eigenvalue weighted by molar-refractivity contribution is 5.89. The number of likely N-dealkylation sites (tertiary alicyclic amines) is 2. The normalized spacial score (nSPS) is 36.3. The summed E-state index contributed by atoms with van der Waals surface area (Å²) in [5.41, 5.74) is 6.18. The number of amides is 2. The van der Waals surface area contributed by atoms with Crippen molar-refractivity contribution >= 4 is 11.8 Å². The van der Waals surface area contributed by atoms with E-state index in [1.807, 2.05) is 9.80 Å². The molecule has 2 amide bonds. The van der Waals surface area contributed by atoms with E-state index < -0.39 is 0 Å². The van der Waals surface area contributed by atoms with Gasteiger partial charge in [-0.2, -0.15) is 0 Å². The monoisotopic (exact) mass is 350 g/mol. The number of nitrogens with two attached hydrogens (primary N) is 1. The molecule has 3 saturated heterocycles. The first-order valence-electron chi connectivity index (χ1n) is 9.74. The molecular formula is C18H30N4O3. The maximum absolute atomic E-state index is 12.9. The van der Waals surface area contributed by atoms with Crippen LogP contribution >= 0.6 is 0 Å². The lowest BCUT2D eigenvalue weighted by molar-refractivity contribution is -0.135. The molecule has 0 aromatic heterocycles. The molecule has 1 aliphatic carbocycles. The Balaban J connectivity index is 1.27. The van der Waals surface area contributed by atoms with Crippen molar-refractivity contribution in [2.75, 3.05) is 59.0 Å². The Labute approximate surface area is 149 Å². The molecule has 0 spiro atoms. The molecule has 0 aromatic carbocycles. The van der Waals surface area contributed by atoms with E-state index in [1.165, 1.54) is 0 Å². The van der Waals surface area contributed by atoms with Crippen molar-refractivity contribution in [3.63, 3.8) is 0 Å². The number of rotatable bonds is 4. The first kappa shape index (κ1) is 17.2. The summed E-state index contributed by atoms with van der Waals surface area (Å²) in [6.45, 7) is 7.22. The van der Waals surface area contributed by atoms with Crippen molar-refractivity contribution in [3.8, 4) is 0 Å². The van der Waals surface area contributed by atoms with Crippen LogP contribution in [0, 0.1) is 17.8 Å². The summed E-state index contributed by atoms with van der Waals surface area (Å²) in [4.78, 5) is 31.4. The Morgan fingerprint density at radius 3 is 2.68 bits per heavy atom. The van der Waals surface area contributed by atoms with Crippen molar-refractivity contribution in [2.45, 2.75) is 25.3 Å². The molecule has 0 radical (unpaired) electrons. The average molecular weight is 350 g/mol. The van der Waals surface area contributed by atoms with Crippen LogP contribution in [-0.2, 0) is 14.3 Å². The molecule has 4 aliphatic rings. The fourth-order valence-electron chi connectivity index (χ4n) is 4.99. The average Bonchev–Trinajstić information content (AvgIpc) is 3.30. The van der Waals surface area contributed by atoms with E-state index in [2.05, 4.69) is 4.90 Å². The third-order valence-corrected chi connectivity index (χ3v) is 6.58. The fraction of sp³-hybridized carbons (Fsp3) is 0.889. The Kier molecular flexibility index (Phi) is 4.97. The van der Waals surface area contributed by atoms with Crippen molar-refractivity contribution in [2.24, 2.45) is 23.5 Å². The fourth-order valence-corrected chi connectivity index (χ4v) is 4.99. The van der Waals surface area contributed by atoms with Crippen LogP contribution in [0.3, 0.4) is 0 Å². The van der Waals surface area contributed by atoms with Crippen molar-refractivity contribution in [3.05, 3.63) is 0 Å². The van der Waals surface area contributed by atoms with Gasteiger partial charge in [-0.15, -0.1) is 0 Å². The van der Waals surface area contributed by atoms with E-state index in [1.54, 1.807) is 0 Å². The lowest BCUT2D eigenvalue weighted by Crippen LogP contribution is -2.42. The Bertz CT molecular complexity index is 522. The minimum absolute atomic E-state index is 0.128. The molecule has 0 aromatic rings. The molecule has 1 saturated carbocycles. The molecule has 140 valence electrons. The molecule has 7 heteroatoms. The van der Waals surface area contributed by atoms with Crippen LogP contribution in [0.2, 0.25) is 0 Å². The van der Waals surface area contributed by atoms with Crippen LogP contribution in [0.4, 0.5) is 0 Å². The maximum atomic E-state index is 12.9. The molecule has 3 heterocycles. The second kappa shape index (κ2) is 7.21. The predicted octanol–water partition coefficient (Wildman–Crippen LogP) is -0.637. The zero-order valence-electron chi connectivity index (χ0n) is 14.9. The Morgan fingerprint density at radius 2 is 1.92 bits per heavy atom. The standard InChI is InChI=1S/C18H30N4O3/c19-16-2-1-13-10-22(12-15(13)16)18(24)14-9-17(23)21(11-14)4-3-20-5-7-25-8-6-20/h13-16H,1-12,19H2. The molecule has 4 unspecified atom stereocenters. The molecular weight excluding hydrogens is 320 g/mol. The minimum Gasteiger partial charge on any atom is -0.379 e. The lowest BCUT2D eigenvalue weighted by Gasteiger charge is -2.28. The maximum Gasteiger partial charge on any atom is 0.228 e. The summed E-state index contributed by atoms with van der Waals surface area (Å²) in [6.07, 6.45) is 2.61. The number of hydrogen-bond acceptors (Lipinski definition) is 5. The number of nitrogens with zero attached hydrogens (tertiary/aromatic N) is 3. The first-order valence-corrected chi connectivity index (χ1v) is 9.74. The van der Waals surface area contributed by atoms with Gasteiger partial charge in [-0.05, 0) is 24.7 Å². The minimum atomic E-state index is -0.160. The SMILES string of the molecule is NC1CCC2CN(C(=O)C3CC(=O)N(CCN4CCOCC4)C3)CC12. The second-order valence-corrected chi connectivity index (χ2v) is 8.10. The Hall–Kier alpha value is -1.18. The number of carbonyl (C=O) groups is 2. The van der Waals surface area contributed by atoms with Crippen molar-refractivity contribution in [1.29, 1.82) is 0 Å². The molecule has 2 N–H and O–H groups in total. The van der Waals surface area contributed by atoms with E-state index >= 15 is 0 Å². The van der Waals surface area contributed by atoms with Gasteiger partial charge in [-0.25, -0.2) is 0 Å². The smallest absolute Gasteiger partial charge is 0.228 e. The van der Waals surface area contributed by atoms with Crippen LogP contribution in [-0.4, -0.2) is 91.6 Å². The molecule has 7 nitrogen and oxygen atoms in total. The molecule has 3 aliphatic heterocycles. The number of morpholine rings is 1. The van der Waals surface area contributed by atoms with Crippen LogP contribution in [0.15, 0.2) is 0 Å². The van der Waals surface area contributed by atoms with Gasteiger partial charge in [-0.1, -0.05) is 0 Å². The second-order valence-electron chi connectivity index (χ2n) is 8.10. The van der Waals surface area contributed by atoms with Gasteiger partial charge in [0.25, 0.3) is 0 Å². The van der Waals surface area contributed by atoms with Gasteiger partial charge in [0.2, 0.25) is 11.8 Å². The zero-order chi connectivity index (χ0) is 17.4. The van der Waals surface area contributed by atoms with E-state index in [9.17, 15) is 9.59 Å². The van der Waals surface area contributed by atoms with Gasteiger partial charge in [0.15, 0.2) is 0 Å². The summed E-state index contributed by atoms with van der Waals surface area (Å²) < 4.78 is 5.36. The van der Waals surface area contributed by atoms with E-state index in [0.29, 0.717) is 24.8 Å². The van der Waals surface area contributed by atoms with Gasteiger partial charge >= 0.3 is 0 Å². The highest BCUT2D eigenvalue weighted by Crippen LogP contribution is 2.38. The topological polar surface area (TPSA) is 79.1 Å². The summed E-state index contributed by atoms with van der Waals surface area (Å²) in [5.74, 6) is 1.19. The number of ether oxygens (including phenoxy) is 1. The van der Waals surface area contributed by atoms with E-state index in [0.717, 1.165) is 65.3 Å². The third kappa shape index (κ3) is 3.55. The van der Waals surface area contributed by atoms with Crippen LogP contribution in [0.25, 0.3) is 0 Å². The first-order chi connectivity index (χ1) is 12.1. The summed E-state index contributed by atoms with van der Waals surface area (Å²) in [6, 6.07) is 0.248. The summed E-state index contributed by atoms with van der Waals surface area (Å²) >= 11 is 0.